The van der Waals surface area contributed by atoms with Crippen LogP contribution in [0.25, 0.3) is 0 Å². The van der Waals surface area contributed by atoms with Crippen molar-refractivity contribution in [2.75, 3.05) is 5.73 Å². The maximum absolute atomic E-state index is 12.2. The number of nitrogens with zero attached hydrogens (tertiary/aromatic N) is 2. The van der Waals surface area contributed by atoms with Gasteiger partial charge in [-0.15, -0.1) is 0 Å². The van der Waals surface area contributed by atoms with E-state index in [1.165, 1.54) is 10.9 Å². The van der Waals surface area contributed by atoms with Gasteiger partial charge in [-0.2, -0.15) is 0 Å². The van der Waals surface area contributed by atoms with Crippen molar-refractivity contribution in [3.05, 3.63) is 6.33 Å². The van der Waals surface area contributed by atoms with Crippen LogP contribution in [0.2, 0.25) is 0 Å². The third-order valence-corrected chi connectivity index (χ3v) is 5.15. The minimum Gasteiger partial charge on any atom is -0.381 e. The number of nitrogen functional groups attached to an aromatic ring is 1. The van der Waals surface area contributed by atoms with Crippen LogP contribution in [-0.2, 0) is 17.1 Å². The molecule has 1 heterocycles. The van der Waals surface area contributed by atoms with Crippen LogP contribution >= 0.6 is 0 Å². The standard InChI is InChI=1S/C11H20N4O2S/c1-8-3-5-9(6-4-8)14-18(16,17)11-10(12)13-7-15(11)2/h7-9,14H,3-6,12H2,1-2H3. The Balaban J connectivity index is 2.13. The van der Waals surface area contributed by atoms with Gasteiger partial charge in [-0.25, -0.2) is 18.1 Å². The molecule has 0 unspecified atom stereocenters. The molecule has 2 rings (SSSR count). The zero-order chi connectivity index (χ0) is 13.3. The third kappa shape index (κ3) is 2.67. The number of rotatable bonds is 3. The van der Waals surface area contributed by atoms with Gasteiger partial charge in [0.25, 0.3) is 10.0 Å². The molecule has 0 saturated heterocycles. The number of anilines is 1. The lowest BCUT2D eigenvalue weighted by atomic mass is 9.88. The Morgan fingerprint density at radius 1 is 1.39 bits per heavy atom. The summed E-state index contributed by atoms with van der Waals surface area (Å²) in [6.07, 6.45) is 5.31. The normalized spacial score (nSPS) is 25.2. The largest absolute Gasteiger partial charge is 0.381 e. The molecule has 0 radical (unpaired) electrons. The van der Waals surface area contributed by atoms with Crippen molar-refractivity contribution in [2.45, 2.75) is 43.7 Å². The average molecular weight is 272 g/mol. The number of hydrogen-bond acceptors (Lipinski definition) is 4. The summed E-state index contributed by atoms with van der Waals surface area (Å²) < 4.78 is 28.6. The zero-order valence-electron chi connectivity index (χ0n) is 10.8. The number of aryl methyl sites for hydroxylation is 1. The molecule has 3 N–H and O–H groups in total. The van der Waals surface area contributed by atoms with Gasteiger partial charge in [-0.3, -0.25) is 0 Å². The van der Waals surface area contributed by atoms with E-state index in [0.717, 1.165) is 25.7 Å². The number of nitrogens with one attached hydrogen (secondary N) is 1. The lowest BCUT2D eigenvalue weighted by molar-refractivity contribution is 0.331. The van der Waals surface area contributed by atoms with Crippen LogP contribution in [0.3, 0.4) is 0 Å². The number of imidazole rings is 1. The first-order valence-electron chi connectivity index (χ1n) is 6.19. The van der Waals surface area contributed by atoms with Crippen molar-refractivity contribution in [3.63, 3.8) is 0 Å². The van der Waals surface area contributed by atoms with Crippen LogP contribution in [0.5, 0.6) is 0 Å². The van der Waals surface area contributed by atoms with Gasteiger partial charge in [0.05, 0.1) is 6.33 Å². The van der Waals surface area contributed by atoms with E-state index in [-0.39, 0.29) is 16.9 Å². The average Bonchev–Trinajstić information content (AvgIpc) is 2.62. The van der Waals surface area contributed by atoms with Crippen molar-refractivity contribution in [1.82, 2.24) is 14.3 Å². The van der Waals surface area contributed by atoms with E-state index < -0.39 is 10.0 Å². The molecule has 0 amide bonds. The Labute approximate surface area is 108 Å². The minimum atomic E-state index is -3.57. The molecule has 0 atom stereocenters. The maximum atomic E-state index is 12.2. The first-order valence-corrected chi connectivity index (χ1v) is 7.67. The first-order chi connectivity index (χ1) is 8.40. The maximum Gasteiger partial charge on any atom is 0.260 e. The second-order valence-electron chi connectivity index (χ2n) is 5.12. The Hall–Kier alpha value is -1.08. The summed E-state index contributed by atoms with van der Waals surface area (Å²) in [6, 6.07) is 0.0144. The van der Waals surface area contributed by atoms with Gasteiger partial charge in [0.1, 0.15) is 0 Å². The molecule has 6 nitrogen and oxygen atoms in total. The van der Waals surface area contributed by atoms with Crippen LogP contribution in [-0.4, -0.2) is 24.0 Å². The van der Waals surface area contributed by atoms with Crippen molar-refractivity contribution in [2.24, 2.45) is 13.0 Å². The highest BCUT2D eigenvalue weighted by Gasteiger charge is 2.27. The lowest BCUT2D eigenvalue weighted by Gasteiger charge is -2.26. The molecule has 1 aromatic rings. The monoisotopic (exact) mass is 272 g/mol. The fourth-order valence-electron chi connectivity index (χ4n) is 2.42. The highest BCUT2D eigenvalue weighted by Crippen LogP contribution is 2.25. The zero-order valence-corrected chi connectivity index (χ0v) is 11.6. The second kappa shape index (κ2) is 4.89. The molecule has 1 fully saturated rings. The summed E-state index contributed by atoms with van der Waals surface area (Å²) in [5, 5.41) is 0.0566. The Bertz CT molecular complexity index is 496. The molecule has 1 aliphatic carbocycles. The van der Waals surface area contributed by atoms with Crippen LogP contribution in [0.15, 0.2) is 11.4 Å². The summed E-state index contributed by atoms with van der Waals surface area (Å²) in [6.45, 7) is 2.20. The molecule has 1 aliphatic rings. The predicted octanol–water partition coefficient (Wildman–Crippen LogP) is 0.859. The fraction of sp³-hybridized carbons (Fsp3) is 0.727. The summed E-state index contributed by atoms with van der Waals surface area (Å²) in [4.78, 5) is 3.81. The SMILES string of the molecule is CC1CCC(NS(=O)(=O)c2c(N)ncn2C)CC1. The van der Waals surface area contributed by atoms with E-state index >= 15 is 0 Å². The van der Waals surface area contributed by atoms with Crippen LogP contribution < -0.4 is 10.5 Å². The minimum absolute atomic E-state index is 0.0144. The molecule has 0 bridgehead atoms. The summed E-state index contributed by atoms with van der Waals surface area (Å²) in [7, 11) is -1.94. The smallest absolute Gasteiger partial charge is 0.260 e. The van der Waals surface area contributed by atoms with E-state index in [2.05, 4.69) is 16.6 Å². The van der Waals surface area contributed by atoms with Crippen molar-refractivity contribution in [3.8, 4) is 0 Å². The molecule has 0 aromatic carbocycles. The van der Waals surface area contributed by atoms with E-state index in [9.17, 15) is 8.42 Å². The number of sulfonamides is 1. The van der Waals surface area contributed by atoms with Crippen molar-refractivity contribution >= 4 is 15.8 Å². The third-order valence-electron chi connectivity index (χ3n) is 3.50. The molecule has 1 saturated carbocycles. The molecule has 7 heteroatoms. The molecular weight excluding hydrogens is 252 g/mol. The van der Waals surface area contributed by atoms with E-state index in [4.69, 9.17) is 5.73 Å². The van der Waals surface area contributed by atoms with Crippen LogP contribution in [0.4, 0.5) is 5.82 Å². The summed E-state index contributed by atoms with van der Waals surface area (Å²) >= 11 is 0. The predicted molar refractivity (Wildman–Crippen MR) is 69.4 cm³/mol. The van der Waals surface area contributed by atoms with Gasteiger partial charge in [-0.1, -0.05) is 6.92 Å². The van der Waals surface area contributed by atoms with Gasteiger partial charge in [-0.05, 0) is 31.6 Å². The molecular formula is C11H20N4O2S. The van der Waals surface area contributed by atoms with Gasteiger partial charge >= 0.3 is 0 Å². The van der Waals surface area contributed by atoms with Crippen molar-refractivity contribution in [1.29, 1.82) is 0 Å². The highest BCUT2D eigenvalue weighted by molar-refractivity contribution is 7.89. The molecule has 1 aromatic heterocycles. The fourth-order valence-corrected chi connectivity index (χ4v) is 3.96. The number of aromatic nitrogens is 2. The Morgan fingerprint density at radius 3 is 2.50 bits per heavy atom. The van der Waals surface area contributed by atoms with Gasteiger partial charge in [0.2, 0.25) is 0 Å². The van der Waals surface area contributed by atoms with E-state index in [1.54, 1.807) is 7.05 Å². The van der Waals surface area contributed by atoms with Crippen LogP contribution in [0, 0.1) is 5.92 Å². The first kappa shape index (κ1) is 13.4. The van der Waals surface area contributed by atoms with Crippen LogP contribution in [0.1, 0.15) is 32.6 Å². The quantitative estimate of drug-likeness (QED) is 0.854. The summed E-state index contributed by atoms with van der Waals surface area (Å²) in [5.41, 5.74) is 5.60. The molecule has 102 valence electrons. The number of hydrogen-bond donors (Lipinski definition) is 2. The van der Waals surface area contributed by atoms with Gasteiger partial charge in [0.15, 0.2) is 10.8 Å². The van der Waals surface area contributed by atoms with E-state index in [1.807, 2.05) is 0 Å². The van der Waals surface area contributed by atoms with Gasteiger partial charge in [0, 0.05) is 13.1 Å². The molecule has 18 heavy (non-hydrogen) atoms. The van der Waals surface area contributed by atoms with Crippen molar-refractivity contribution < 1.29 is 8.42 Å². The molecule has 0 aliphatic heterocycles. The molecule has 0 spiro atoms. The lowest BCUT2D eigenvalue weighted by Crippen LogP contribution is -2.38. The topological polar surface area (TPSA) is 90.0 Å². The van der Waals surface area contributed by atoms with E-state index in [0.29, 0.717) is 5.92 Å². The van der Waals surface area contributed by atoms with Gasteiger partial charge < -0.3 is 10.3 Å². The number of nitrogens with two attached hydrogens (primary N) is 1. The second-order valence-corrected chi connectivity index (χ2v) is 6.75. The summed E-state index contributed by atoms with van der Waals surface area (Å²) in [5.74, 6) is 0.738. The Kier molecular flexibility index (Phi) is 3.63. The highest BCUT2D eigenvalue weighted by atomic mass is 32.2. The Morgan fingerprint density at radius 2 is 2.00 bits per heavy atom.